The first kappa shape index (κ1) is 9.44. The quantitative estimate of drug-likeness (QED) is 0.695. The molecule has 13 heavy (non-hydrogen) atoms. The highest BCUT2D eigenvalue weighted by atomic mass is 16.5. The Hall–Kier alpha value is -1.65. The molecule has 1 aromatic rings. The molecule has 0 aliphatic heterocycles. The SMILES string of the molecule is CCOC(=O)c1ccc(NC)nn1. The zero-order valence-electron chi connectivity index (χ0n) is 7.57. The molecule has 0 aliphatic carbocycles. The predicted octanol–water partition coefficient (Wildman–Crippen LogP) is 0.695. The molecule has 1 aromatic heterocycles. The maximum Gasteiger partial charge on any atom is 0.358 e. The first-order valence-electron chi connectivity index (χ1n) is 3.96. The van der Waals surface area contributed by atoms with Gasteiger partial charge in [0.15, 0.2) is 5.69 Å². The van der Waals surface area contributed by atoms with Crippen LogP contribution in [-0.2, 0) is 4.74 Å². The molecular weight excluding hydrogens is 170 g/mol. The predicted molar refractivity (Wildman–Crippen MR) is 47.5 cm³/mol. The second kappa shape index (κ2) is 4.39. The van der Waals surface area contributed by atoms with E-state index < -0.39 is 5.97 Å². The van der Waals surface area contributed by atoms with Crippen LogP contribution in [0.25, 0.3) is 0 Å². The van der Waals surface area contributed by atoms with Gasteiger partial charge in [0.05, 0.1) is 6.61 Å². The van der Waals surface area contributed by atoms with Crippen molar-refractivity contribution in [3.05, 3.63) is 17.8 Å². The average molecular weight is 181 g/mol. The number of carbonyl (C=O) groups is 1. The number of nitrogens with zero attached hydrogens (tertiary/aromatic N) is 2. The van der Waals surface area contributed by atoms with Gasteiger partial charge in [-0.15, -0.1) is 10.2 Å². The minimum Gasteiger partial charge on any atom is -0.461 e. The second-order valence-corrected chi connectivity index (χ2v) is 2.27. The smallest absolute Gasteiger partial charge is 0.358 e. The van der Waals surface area contributed by atoms with Gasteiger partial charge in [-0.2, -0.15) is 0 Å². The average Bonchev–Trinajstić information content (AvgIpc) is 2.18. The lowest BCUT2D eigenvalue weighted by Gasteiger charge is -2.00. The van der Waals surface area contributed by atoms with Gasteiger partial charge in [0.2, 0.25) is 0 Å². The van der Waals surface area contributed by atoms with Gasteiger partial charge in [0, 0.05) is 7.05 Å². The van der Waals surface area contributed by atoms with Crippen LogP contribution >= 0.6 is 0 Å². The van der Waals surface area contributed by atoms with Crippen LogP contribution in [-0.4, -0.2) is 29.8 Å². The van der Waals surface area contributed by atoms with E-state index in [0.29, 0.717) is 12.4 Å². The number of anilines is 1. The molecule has 0 amide bonds. The van der Waals surface area contributed by atoms with Gasteiger partial charge < -0.3 is 10.1 Å². The van der Waals surface area contributed by atoms with E-state index in [0.717, 1.165) is 0 Å². The Morgan fingerprint density at radius 2 is 2.31 bits per heavy atom. The third-order valence-electron chi connectivity index (χ3n) is 1.41. The third-order valence-corrected chi connectivity index (χ3v) is 1.41. The number of carbonyl (C=O) groups excluding carboxylic acids is 1. The molecule has 5 heteroatoms. The Bertz CT molecular complexity index is 284. The molecule has 0 bridgehead atoms. The normalized spacial score (nSPS) is 9.38. The zero-order valence-corrected chi connectivity index (χ0v) is 7.57. The molecule has 0 fully saturated rings. The molecule has 5 nitrogen and oxygen atoms in total. The Morgan fingerprint density at radius 3 is 2.77 bits per heavy atom. The molecule has 0 aliphatic rings. The number of hydrogen-bond acceptors (Lipinski definition) is 5. The highest BCUT2D eigenvalue weighted by molar-refractivity contribution is 5.87. The molecule has 1 rings (SSSR count). The first-order chi connectivity index (χ1) is 6.27. The van der Waals surface area contributed by atoms with E-state index in [1.54, 1.807) is 26.1 Å². The van der Waals surface area contributed by atoms with Crippen LogP contribution in [0.4, 0.5) is 5.82 Å². The van der Waals surface area contributed by atoms with Crippen LogP contribution in [0, 0.1) is 0 Å². The molecule has 0 saturated carbocycles. The Balaban J connectivity index is 2.74. The van der Waals surface area contributed by atoms with Crippen molar-refractivity contribution in [2.45, 2.75) is 6.92 Å². The summed E-state index contributed by atoms with van der Waals surface area (Å²) in [6.45, 7) is 2.08. The molecule has 0 spiro atoms. The van der Waals surface area contributed by atoms with Crippen molar-refractivity contribution < 1.29 is 9.53 Å². The Morgan fingerprint density at radius 1 is 1.54 bits per heavy atom. The summed E-state index contributed by atoms with van der Waals surface area (Å²) in [5.74, 6) is 0.172. The number of hydrogen-bond donors (Lipinski definition) is 1. The highest BCUT2D eigenvalue weighted by Crippen LogP contribution is 2.01. The summed E-state index contributed by atoms with van der Waals surface area (Å²) in [4.78, 5) is 11.1. The summed E-state index contributed by atoms with van der Waals surface area (Å²) in [6, 6.07) is 3.23. The molecule has 0 radical (unpaired) electrons. The van der Waals surface area contributed by atoms with Crippen molar-refractivity contribution >= 4 is 11.8 Å². The fourth-order valence-corrected chi connectivity index (χ4v) is 0.780. The monoisotopic (exact) mass is 181 g/mol. The topological polar surface area (TPSA) is 64.1 Å². The lowest BCUT2D eigenvalue weighted by Crippen LogP contribution is -2.08. The molecule has 70 valence electrons. The number of ether oxygens (including phenoxy) is 1. The first-order valence-corrected chi connectivity index (χ1v) is 3.96. The van der Waals surface area contributed by atoms with E-state index in [-0.39, 0.29) is 5.69 Å². The molecule has 1 heterocycles. The Kier molecular flexibility index (Phi) is 3.19. The minimum atomic E-state index is -0.447. The minimum absolute atomic E-state index is 0.223. The van der Waals surface area contributed by atoms with Crippen LogP contribution in [0.3, 0.4) is 0 Å². The van der Waals surface area contributed by atoms with E-state index in [1.807, 2.05) is 0 Å². The van der Waals surface area contributed by atoms with Crippen LogP contribution in [0.5, 0.6) is 0 Å². The number of rotatable bonds is 3. The van der Waals surface area contributed by atoms with E-state index in [2.05, 4.69) is 15.5 Å². The summed E-state index contributed by atoms with van der Waals surface area (Å²) in [5.41, 5.74) is 0.223. The van der Waals surface area contributed by atoms with E-state index in [9.17, 15) is 4.79 Å². The standard InChI is InChI=1S/C8H11N3O2/c1-3-13-8(12)6-4-5-7(9-2)11-10-6/h4-5H,3H2,1-2H3,(H,9,11). The molecule has 0 aromatic carbocycles. The lowest BCUT2D eigenvalue weighted by atomic mass is 10.4. The maximum atomic E-state index is 11.1. The van der Waals surface area contributed by atoms with Gasteiger partial charge in [0.1, 0.15) is 5.82 Å². The molecule has 0 unspecified atom stereocenters. The summed E-state index contributed by atoms with van der Waals surface area (Å²) in [7, 11) is 1.73. The van der Waals surface area contributed by atoms with Crippen molar-refractivity contribution in [2.24, 2.45) is 0 Å². The van der Waals surface area contributed by atoms with E-state index in [4.69, 9.17) is 4.74 Å². The van der Waals surface area contributed by atoms with E-state index >= 15 is 0 Å². The van der Waals surface area contributed by atoms with Crippen molar-refractivity contribution in [3.8, 4) is 0 Å². The third kappa shape index (κ3) is 2.40. The lowest BCUT2D eigenvalue weighted by molar-refractivity contribution is 0.0518. The maximum absolute atomic E-state index is 11.1. The van der Waals surface area contributed by atoms with E-state index in [1.165, 1.54) is 0 Å². The van der Waals surface area contributed by atoms with Gasteiger partial charge in [-0.3, -0.25) is 0 Å². The fraction of sp³-hybridized carbons (Fsp3) is 0.375. The van der Waals surface area contributed by atoms with Gasteiger partial charge in [-0.25, -0.2) is 4.79 Å². The van der Waals surface area contributed by atoms with Crippen LogP contribution in [0.1, 0.15) is 17.4 Å². The largest absolute Gasteiger partial charge is 0.461 e. The summed E-state index contributed by atoms with van der Waals surface area (Å²) in [6.07, 6.45) is 0. The van der Waals surface area contributed by atoms with Crippen molar-refractivity contribution in [1.82, 2.24) is 10.2 Å². The van der Waals surface area contributed by atoms with Crippen LogP contribution in [0.15, 0.2) is 12.1 Å². The molecule has 1 N–H and O–H groups in total. The van der Waals surface area contributed by atoms with Gasteiger partial charge in [-0.1, -0.05) is 0 Å². The fourth-order valence-electron chi connectivity index (χ4n) is 0.780. The zero-order chi connectivity index (χ0) is 9.68. The van der Waals surface area contributed by atoms with Crippen LogP contribution < -0.4 is 5.32 Å². The molecule has 0 saturated heterocycles. The van der Waals surface area contributed by atoms with Crippen molar-refractivity contribution in [2.75, 3.05) is 19.0 Å². The van der Waals surface area contributed by atoms with Gasteiger partial charge >= 0.3 is 5.97 Å². The van der Waals surface area contributed by atoms with Crippen molar-refractivity contribution in [1.29, 1.82) is 0 Å². The highest BCUT2D eigenvalue weighted by Gasteiger charge is 2.07. The number of nitrogens with one attached hydrogen (secondary N) is 1. The van der Waals surface area contributed by atoms with Crippen molar-refractivity contribution in [3.63, 3.8) is 0 Å². The summed E-state index contributed by atoms with van der Waals surface area (Å²) < 4.78 is 4.74. The summed E-state index contributed by atoms with van der Waals surface area (Å²) >= 11 is 0. The Labute approximate surface area is 76.1 Å². The van der Waals surface area contributed by atoms with Gasteiger partial charge in [0.25, 0.3) is 0 Å². The van der Waals surface area contributed by atoms with Crippen LogP contribution in [0.2, 0.25) is 0 Å². The number of esters is 1. The summed E-state index contributed by atoms with van der Waals surface area (Å²) in [5, 5.41) is 10.2. The molecule has 0 atom stereocenters. The number of aromatic nitrogens is 2. The van der Waals surface area contributed by atoms with Gasteiger partial charge in [-0.05, 0) is 19.1 Å². The second-order valence-electron chi connectivity index (χ2n) is 2.27. The molecular formula is C8H11N3O2.